The zero-order chi connectivity index (χ0) is 15.5. The van der Waals surface area contributed by atoms with Gasteiger partial charge in [-0.15, -0.1) is 24.8 Å². The Kier molecular flexibility index (Phi) is 7.05. The van der Waals surface area contributed by atoms with Gasteiger partial charge in [0.25, 0.3) is 0 Å². The fourth-order valence-electron chi connectivity index (χ4n) is 5.08. The molecule has 0 saturated heterocycles. The fourth-order valence-corrected chi connectivity index (χ4v) is 36.9. The summed E-state index contributed by atoms with van der Waals surface area (Å²) in [7, 11) is 0. The third-order valence-electron chi connectivity index (χ3n) is 5.63. The average molecular weight is 526 g/mol. The summed E-state index contributed by atoms with van der Waals surface area (Å²) in [5.41, 5.74) is 6.23. The summed E-state index contributed by atoms with van der Waals surface area (Å²) in [5, 5.41) is 0. The van der Waals surface area contributed by atoms with Gasteiger partial charge in [-0.25, -0.2) is 0 Å². The van der Waals surface area contributed by atoms with E-state index in [0.29, 0.717) is 11.8 Å². The van der Waals surface area contributed by atoms with Crippen LogP contribution in [0, 0.1) is 11.8 Å². The van der Waals surface area contributed by atoms with Crippen LogP contribution >= 0.6 is 24.8 Å². The monoisotopic (exact) mass is 526 g/mol. The van der Waals surface area contributed by atoms with Crippen LogP contribution in [-0.4, -0.2) is 6.94 Å². The third-order valence-corrected chi connectivity index (χ3v) is 30.2. The summed E-state index contributed by atoms with van der Waals surface area (Å²) >= 11 is -3.14. The molecule has 2 unspecified atom stereocenters. The molecule has 2 aliphatic carbocycles. The zero-order valence-corrected chi connectivity index (χ0v) is 22.0. The Morgan fingerprint density at radius 2 is 1.05 bits per heavy atom. The molecule has 2 atom stereocenters. The predicted molar refractivity (Wildman–Crippen MR) is 106 cm³/mol. The zero-order valence-electron chi connectivity index (χ0n) is 15.3. The van der Waals surface area contributed by atoms with Gasteiger partial charge in [-0.1, -0.05) is 0 Å². The van der Waals surface area contributed by atoms with Gasteiger partial charge in [-0.05, 0) is 0 Å². The van der Waals surface area contributed by atoms with E-state index in [1.54, 1.807) is 11.1 Å². The van der Waals surface area contributed by atoms with Crippen LogP contribution in [0.25, 0.3) is 0 Å². The van der Waals surface area contributed by atoms with Crippen molar-refractivity contribution in [3.05, 3.63) is 41.1 Å². The van der Waals surface area contributed by atoms with E-state index in [4.69, 9.17) is 0 Å². The Morgan fingerprint density at radius 3 is 1.23 bits per heavy atom. The fraction of sp³-hybridized carbons (Fsp3) is 0.556. The van der Waals surface area contributed by atoms with Gasteiger partial charge < -0.3 is 0 Å². The maximum atomic E-state index is 2.67. The maximum absolute atomic E-state index is 3.14. The molecule has 0 aliphatic heterocycles. The number of hydrogen-bond donors (Lipinski definition) is 0. The van der Waals surface area contributed by atoms with Gasteiger partial charge in [-0.2, -0.15) is 0 Å². The molecule has 0 radical (unpaired) electrons. The van der Waals surface area contributed by atoms with Crippen LogP contribution < -0.4 is 0 Å². The van der Waals surface area contributed by atoms with Gasteiger partial charge in [0.05, 0.1) is 0 Å². The van der Waals surface area contributed by atoms with Crippen molar-refractivity contribution < 1.29 is 17.1 Å². The van der Waals surface area contributed by atoms with Crippen molar-refractivity contribution in [2.45, 2.75) is 50.9 Å². The van der Waals surface area contributed by atoms with Crippen molar-refractivity contribution in [1.29, 1.82) is 0 Å². The van der Waals surface area contributed by atoms with Crippen LogP contribution in [0.4, 0.5) is 0 Å². The molecule has 0 aromatic carbocycles. The molecular weight excluding hydrogens is 494 g/mol. The van der Waals surface area contributed by atoms with Crippen LogP contribution in [0.3, 0.4) is 0 Å². The van der Waals surface area contributed by atoms with E-state index < -0.39 is 17.1 Å². The van der Waals surface area contributed by atoms with Crippen LogP contribution in [-0.2, 0) is 17.1 Å². The second-order valence-electron chi connectivity index (χ2n) is 8.04. The summed E-state index contributed by atoms with van der Waals surface area (Å²) in [6.45, 7) is 16.5. The first kappa shape index (κ1) is 22.6. The smallest absolute Gasteiger partial charge is 0.147 e. The van der Waals surface area contributed by atoms with E-state index in [1.165, 1.54) is 11.1 Å². The number of allylic oxidation sites excluding steroid dienone is 8. The van der Waals surface area contributed by atoms with Gasteiger partial charge in [0.2, 0.25) is 0 Å². The molecule has 0 spiro atoms. The largest absolute Gasteiger partial charge is 0.147 e. The normalized spacial score (nSPS) is 25.7. The van der Waals surface area contributed by atoms with Gasteiger partial charge in [0, 0.05) is 0 Å². The van der Waals surface area contributed by atoms with Crippen molar-refractivity contribution >= 4 is 31.8 Å². The minimum atomic E-state index is -3.14. The van der Waals surface area contributed by atoms with Crippen molar-refractivity contribution in [1.82, 2.24) is 0 Å². The molecule has 0 N–H and O–H groups in total. The number of rotatable bonds is 2. The molecule has 0 nitrogen and oxygen atoms in total. The first-order valence-corrected chi connectivity index (χ1v) is 26.9. The van der Waals surface area contributed by atoms with Crippen LogP contribution in [0.2, 0.25) is 9.36 Å². The molecule has 4 heteroatoms. The Balaban J connectivity index is 0.00000220. The number of halogens is 2. The molecule has 0 aromatic rings. The Morgan fingerprint density at radius 1 is 0.773 bits per heavy atom. The average Bonchev–Trinajstić information content (AvgIpc) is 2.65. The number of hydrogen-bond acceptors (Lipinski definition) is 0. The van der Waals surface area contributed by atoms with E-state index in [2.05, 4.69) is 70.0 Å². The van der Waals surface area contributed by atoms with Crippen molar-refractivity contribution in [2.24, 2.45) is 11.8 Å². The Labute approximate surface area is 151 Å². The summed E-state index contributed by atoms with van der Waals surface area (Å²) in [6.07, 6.45) is 4.97. The van der Waals surface area contributed by atoms with Crippen molar-refractivity contribution in [2.75, 3.05) is 0 Å². The second-order valence-corrected chi connectivity index (χ2v) is 48.6. The molecule has 0 aromatic heterocycles. The summed E-state index contributed by atoms with van der Waals surface area (Å²) in [5.74, 6) is 1.29. The topological polar surface area (TPSA) is 0 Å². The van der Waals surface area contributed by atoms with E-state index in [9.17, 15) is 0 Å². The molecule has 0 saturated carbocycles. The van der Waals surface area contributed by atoms with E-state index >= 15 is 0 Å². The van der Waals surface area contributed by atoms with E-state index in [0.717, 1.165) is 0 Å². The first-order valence-electron chi connectivity index (χ1n) is 7.83. The predicted octanol–water partition coefficient (Wildman–Crippen LogP) is 5.90. The van der Waals surface area contributed by atoms with E-state index in [1.807, 2.05) is 6.66 Å². The molecule has 0 fully saturated rings. The Hall–Kier alpha value is 0.627. The minimum absolute atomic E-state index is 0. The Bertz CT molecular complexity index is 619. The van der Waals surface area contributed by atoms with Gasteiger partial charge in [0.1, 0.15) is 0 Å². The van der Waals surface area contributed by atoms with Crippen LogP contribution in [0.5, 0.6) is 0 Å². The molecule has 0 bridgehead atoms. The summed E-state index contributed by atoms with van der Waals surface area (Å²) < 4.78 is 9.00. The SMILES string of the molecule is CC1=CC(C)[C]([Hf]([CH3])([CH3])(=[SiH2])[C]2=C(C)C(C)=CC2C)=C1C.Cl.Cl. The second kappa shape index (κ2) is 6.86. The van der Waals surface area contributed by atoms with Crippen LogP contribution in [0.1, 0.15) is 41.5 Å². The minimum Gasteiger partial charge on any atom is -0.147 e. The molecule has 0 heterocycles. The van der Waals surface area contributed by atoms with Gasteiger partial charge in [0.15, 0.2) is 0 Å². The molecule has 0 amide bonds. The van der Waals surface area contributed by atoms with E-state index in [-0.39, 0.29) is 24.8 Å². The summed E-state index contributed by atoms with van der Waals surface area (Å²) in [6, 6.07) is 0. The molecule has 22 heavy (non-hydrogen) atoms. The molecule has 2 rings (SSSR count). The van der Waals surface area contributed by atoms with Crippen molar-refractivity contribution in [3.8, 4) is 0 Å². The molecule has 2 aliphatic rings. The van der Waals surface area contributed by atoms with Crippen LogP contribution in [0.15, 0.2) is 41.1 Å². The van der Waals surface area contributed by atoms with Gasteiger partial charge >= 0.3 is 128 Å². The quantitative estimate of drug-likeness (QED) is 0.394. The van der Waals surface area contributed by atoms with Gasteiger partial charge in [-0.3, -0.25) is 0 Å². The van der Waals surface area contributed by atoms with Crippen molar-refractivity contribution in [3.63, 3.8) is 0 Å². The molecular formula is C18H32Cl2HfSi. The standard InChI is InChI=1S/2C8H11.2CH3.2ClH.Hf.H2Si/c2*1-6-4-7(2)8(3)5-6;;;;;;/h2*4,6H,1-3H3;2*1H3;2*1H;;1H2. The third kappa shape index (κ3) is 3.36. The summed E-state index contributed by atoms with van der Waals surface area (Å²) in [4.78, 5) is 0. The maximum Gasteiger partial charge on any atom is -0.147 e. The molecule has 126 valence electrons. The first-order chi connectivity index (χ1) is 8.96.